The first kappa shape index (κ1) is 7.53. The molecule has 2 aromatic heterocycles. The molecule has 2 aromatic rings. The van der Waals surface area contributed by atoms with Gasteiger partial charge in [0.2, 0.25) is 0 Å². The number of nitrogens with one attached hydrogen (secondary N) is 1. The Hall–Kier alpha value is -2.11. The third kappa shape index (κ3) is 1.08. The number of imidazole rings is 1. The molecular formula is C7H7N5O. The first-order valence-corrected chi connectivity index (χ1v) is 3.59. The van der Waals surface area contributed by atoms with E-state index in [-0.39, 0.29) is 5.84 Å². The number of nitrogens with zero attached hydrogens (tertiary/aromatic N) is 3. The summed E-state index contributed by atoms with van der Waals surface area (Å²) in [5.74, 6) is 0.0386. The number of hydrogen-bond donors (Lipinski definition) is 3. The number of aromatic nitrogens is 3. The van der Waals surface area contributed by atoms with Gasteiger partial charge in [-0.2, -0.15) is 0 Å². The van der Waals surface area contributed by atoms with Crippen molar-refractivity contribution in [1.29, 1.82) is 0 Å². The van der Waals surface area contributed by atoms with Crippen LogP contribution in [0.3, 0.4) is 0 Å². The molecule has 0 unspecified atom stereocenters. The van der Waals surface area contributed by atoms with Crippen molar-refractivity contribution < 1.29 is 5.21 Å². The molecule has 0 amide bonds. The number of rotatable bonds is 1. The number of hydrogen-bond acceptors (Lipinski definition) is 4. The number of H-pyrrole nitrogens is 1. The largest absolute Gasteiger partial charge is 0.409 e. The van der Waals surface area contributed by atoms with Crippen LogP contribution in [-0.4, -0.2) is 26.0 Å². The SMILES string of the molecule is N/C(=N/O)c1ccnc2nc[nH]c12. The summed E-state index contributed by atoms with van der Waals surface area (Å²) in [5, 5.41) is 11.4. The molecule has 0 atom stereocenters. The normalized spacial score (nSPS) is 12.2. The molecule has 0 radical (unpaired) electrons. The Morgan fingerprint density at radius 2 is 2.38 bits per heavy atom. The summed E-state index contributed by atoms with van der Waals surface area (Å²) in [6, 6.07) is 1.65. The number of aromatic amines is 1. The van der Waals surface area contributed by atoms with Gasteiger partial charge in [0.15, 0.2) is 11.5 Å². The fourth-order valence-corrected chi connectivity index (χ4v) is 1.12. The molecule has 0 aliphatic rings. The van der Waals surface area contributed by atoms with E-state index in [1.54, 1.807) is 12.3 Å². The smallest absolute Gasteiger partial charge is 0.178 e. The predicted octanol–water partition coefficient (Wildman–Crippen LogP) is 0.0524. The number of oxime groups is 1. The third-order valence-corrected chi connectivity index (χ3v) is 1.71. The van der Waals surface area contributed by atoms with E-state index in [1.807, 2.05) is 0 Å². The molecule has 0 saturated heterocycles. The quantitative estimate of drug-likeness (QED) is 0.248. The highest BCUT2D eigenvalue weighted by Crippen LogP contribution is 2.10. The van der Waals surface area contributed by atoms with Crippen LogP contribution in [-0.2, 0) is 0 Å². The lowest BCUT2D eigenvalue weighted by Gasteiger charge is -1.97. The third-order valence-electron chi connectivity index (χ3n) is 1.71. The highest BCUT2D eigenvalue weighted by molar-refractivity contribution is 6.05. The zero-order valence-corrected chi connectivity index (χ0v) is 6.60. The first-order valence-electron chi connectivity index (χ1n) is 3.59. The molecular weight excluding hydrogens is 170 g/mol. The second-order valence-electron chi connectivity index (χ2n) is 2.44. The average molecular weight is 177 g/mol. The second kappa shape index (κ2) is 2.74. The van der Waals surface area contributed by atoms with Crippen molar-refractivity contribution in [2.24, 2.45) is 10.9 Å². The Kier molecular flexibility index (Phi) is 1.59. The van der Waals surface area contributed by atoms with Gasteiger partial charge in [-0.05, 0) is 6.07 Å². The molecule has 0 spiro atoms. The van der Waals surface area contributed by atoms with Crippen molar-refractivity contribution >= 4 is 17.0 Å². The lowest BCUT2D eigenvalue weighted by Crippen LogP contribution is -2.13. The Labute approximate surface area is 73.1 Å². The van der Waals surface area contributed by atoms with Gasteiger partial charge < -0.3 is 15.9 Å². The van der Waals surface area contributed by atoms with E-state index >= 15 is 0 Å². The molecule has 2 rings (SSSR count). The van der Waals surface area contributed by atoms with Crippen LogP contribution >= 0.6 is 0 Å². The van der Waals surface area contributed by atoms with Crippen molar-refractivity contribution in [3.05, 3.63) is 24.2 Å². The van der Waals surface area contributed by atoms with E-state index < -0.39 is 0 Å². The van der Waals surface area contributed by atoms with E-state index in [0.717, 1.165) is 0 Å². The summed E-state index contributed by atoms with van der Waals surface area (Å²) in [6.07, 6.45) is 3.06. The van der Waals surface area contributed by atoms with Gasteiger partial charge in [0.05, 0.1) is 11.8 Å². The van der Waals surface area contributed by atoms with Gasteiger partial charge in [0.1, 0.15) is 0 Å². The van der Waals surface area contributed by atoms with Gasteiger partial charge in [0.25, 0.3) is 0 Å². The van der Waals surface area contributed by atoms with Crippen LogP contribution in [0.25, 0.3) is 11.2 Å². The predicted molar refractivity (Wildman–Crippen MR) is 46.4 cm³/mol. The zero-order chi connectivity index (χ0) is 9.26. The number of pyridine rings is 1. The number of fused-ring (bicyclic) bond motifs is 1. The molecule has 0 aliphatic carbocycles. The molecule has 0 aliphatic heterocycles. The molecule has 6 nitrogen and oxygen atoms in total. The van der Waals surface area contributed by atoms with Gasteiger partial charge in [-0.25, -0.2) is 9.97 Å². The maximum absolute atomic E-state index is 8.49. The first-order chi connectivity index (χ1) is 6.33. The van der Waals surface area contributed by atoms with Gasteiger partial charge in [0, 0.05) is 11.8 Å². The second-order valence-corrected chi connectivity index (χ2v) is 2.44. The van der Waals surface area contributed by atoms with E-state index in [9.17, 15) is 0 Å². The number of amidine groups is 1. The topological polar surface area (TPSA) is 100 Å². The van der Waals surface area contributed by atoms with Crippen LogP contribution in [0.1, 0.15) is 5.56 Å². The molecule has 13 heavy (non-hydrogen) atoms. The molecule has 0 saturated carbocycles. The molecule has 2 heterocycles. The highest BCUT2D eigenvalue weighted by Gasteiger charge is 2.06. The van der Waals surface area contributed by atoms with Crippen molar-refractivity contribution in [3.8, 4) is 0 Å². The number of nitrogens with two attached hydrogens (primary N) is 1. The Morgan fingerprint density at radius 1 is 1.54 bits per heavy atom. The molecule has 4 N–H and O–H groups in total. The van der Waals surface area contributed by atoms with Gasteiger partial charge in [-0.3, -0.25) is 0 Å². The van der Waals surface area contributed by atoms with Crippen LogP contribution in [0.5, 0.6) is 0 Å². The monoisotopic (exact) mass is 177 g/mol. The van der Waals surface area contributed by atoms with Crippen LogP contribution in [0, 0.1) is 0 Å². The maximum Gasteiger partial charge on any atom is 0.178 e. The van der Waals surface area contributed by atoms with Crippen molar-refractivity contribution in [2.75, 3.05) is 0 Å². The van der Waals surface area contributed by atoms with Crippen molar-refractivity contribution in [2.45, 2.75) is 0 Å². The fourth-order valence-electron chi connectivity index (χ4n) is 1.12. The van der Waals surface area contributed by atoms with Crippen molar-refractivity contribution in [1.82, 2.24) is 15.0 Å². The molecule has 0 bridgehead atoms. The Morgan fingerprint density at radius 3 is 3.15 bits per heavy atom. The minimum Gasteiger partial charge on any atom is -0.409 e. The standard InChI is InChI=1S/C7H7N5O/c8-6(12-13)4-1-2-9-7-5(4)10-3-11-7/h1-3,13H,(H2,8,12)(H,9,10,11). The summed E-state index contributed by atoms with van der Waals surface area (Å²) in [5.41, 5.74) is 7.24. The molecule has 6 heteroatoms. The summed E-state index contributed by atoms with van der Waals surface area (Å²) in [4.78, 5) is 10.8. The minimum atomic E-state index is 0.0386. The lowest BCUT2D eigenvalue weighted by molar-refractivity contribution is 0.318. The van der Waals surface area contributed by atoms with E-state index in [4.69, 9.17) is 10.9 Å². The van der Waals surface area contributed by atoms with Crippen molar-refractivity contribution in [3.63, 3.8) is 0 Å². The van der Waals surface area contributed by atoms with E-state index in [1.165, 1.54) is 6.33 Å². The summed E-state index contributed by atoms with van der Waals surface area (Å²) < 4.78 is 0. The average Bonchev–Trinajstić information content (AvgIpc) is 2.63. The summed E-state index contributed by atoms with van der Waals surface area (Å²) >= 11 is 0. The maximum atomic E-state index is 8.49. The van der Waals surface area contributed by atoms with Crippen LogP contribution < -0.4 is 5.73 Å². The fraction of sp³-hybridized carbons (Fsp3) is 0. The van der Waals surface area contributed by atoms with Crippen LogP contribution in [0.2, 0.25) is 0 Å². The van der Waals surface area contributed by atoms with Gasteiger partial charge in [-0.1, -0.05) is 5.16 Å². The van der Waals surface area contributed by atoms with Gasteiger partial charge >= 0.3 is 0 Å². The highest BCUT2D eigenvalue weighted by atomic mass is 16.4. The van der Waals surface area contributed by atoms with E-state index in [0.29, 0.717) is 16.7 Å². The summed E-state index contributed by atoms with van der Waals surface area (Å²) in [7, 11) is 0. The van der Waals surface area contributed by atoms with Gasteiger partial charge in [-0.15, -0.1) is 0 Å². The van der Waals surface area contributed by atoms with Crippen LogP contribution in [0.4, 0.5) is 0 Å². The Bertz CT molecular complexity index is 461. The molecule has 0 fully saturated rings. The zero-order valence-electron chi connectivity index (χ0n) is 6.60. The minimum absolute atomic E-state index is 0.0386. The van der Waals surface area contributed by atoms with Crippen LogP contribution in [0.15, 0.2) is 23.7 Å². The molecule has 66 valence electrons. The molecule has 0 aromatic carbocycles. The lowest BCUT2D eigenvalue weighted by atomic mass is 10.2. The Balaban J connectivity index is 2.75. The summed E-state index contributed by atoms with van der Waals surface area (Å²) in [6.45, 7) is 0. The van der Waals surface area contributed by atoms with E-state index in [2.05, 4.69) is 20.1 Å².